The highest BCUT2D eigenvalue weighted by molar-refractivity contribution is 4.54. The van der Waals surface area contributed by atoms with Crippen LogP contribution in [-0.4, -0.2) is 65.6 Å². The number of hydrogen-bond acceptors (Lipinski definition) is 6. The standard InChI is InChI=1S/C15H32O6/c1-4-7-17-11-12-19-15(14-21-20-8-5-2)13-18-10-9-16-6-3/h15H,4-14H2,1-3H3. The Labute approximate surface area is 128 Å². The van der Waals surface area contributed by atoms with E-state index in [0.29, 0.717) is 52.9 Å². The lowest BCUT2D eigenvalue weighted by atomic mass is 10.4. The van der Waals surface area contributed by atoms with Crippen LogP contribution < -0.4 is 0 Å². The maximum absolute atomic E-state index is 5.68. The van der Waals surface area contributed by atoms with Crippen LogP contribution >= 0.6 is 0 Å². The molecule has 0 amide bonds. The molecule has 0 aromatic rings. The van der Waals surface area contributed by atoms with Gasteiger partial charge in [0.2, 0.25) is 0 Å². The van der Waals surface area contributed by atoms with Gasteiger partial charge < -0.3 is 18.9 Å². The van der Waals surface area contributed by atoms with Crippen LogP contribution in [0.2, 0.25) is 0 Å². The number of ether oxygens (including phenoxy) is 4. The molecular formula is C15H32O6. The number of hydrogen-bond donors (Lipinski definition) is 0. The van der Waals surface area contributed by atoms with Crippen molar-refractivity contribution in [2.24, 2.45) is 0 Å². The van der Waals surface area contributed by atoms with E-state index < -0.39 is 0 Å². The molecule has 21 heavy (non-hydrogen) atoms. The van der Waals surface area contributed by atoms with Crippen LogP contribution in [0.1, 0.15) is 33.6 Å². The molecule has 0 spiro atoms. The molecule has 0 aromatic carbocycles. The fraction of sp³-hybridized carbons (Fsp3) is 1.00. The second-order valence-electron chi connectivity index (χ2n) is 4.48. The van der Waals surface area contributed by atoms with Gasteiger partial charge in [0.15, 0.2) is 0 Å². The molecule has 0 aliphatic rings. The van der Waals surface area contributed by atoms with Crippen LogP contribution in [0.5, 0.6) is 0 Å². The summed E-state index contributed by atoms with van der Waals surface area (Å²) in [5.74, 6) is 0. The van der Waals surface area contributed by atoms with Crippen molar-refractivity contribution in [1.29, 1.82) is 0 Å². The normalized spacial score (nSPS) is 12.7. The highest BCUT2D eigenvalue weighted by Gasteiger charge is 2.10. The van der Waals surface area contributed by atoms with Crippen molar-refractivity contribution in [3.05, 3.63) is 0 Å². The summed E-state index contributed by atoms with van der Waals surface area (Å²) in [6, 6.07) is 0. The summed E-state index contributed by atoms with van der Waals surface area (Å²) >= 11 is 0. The van der Waals surface area contributed by atoms with Gasteiger partial charge in [0, 0.05) is 13.2 Å². The van der Waals surface area contributed by atoms with E-state index >= 15 is 0 Å². The van der Waals surface area contributed by atoms with Gasteiger partial charge in [0.1, 0.15) is 12.7 Å². The second-order valence-corrected chi connectivity index (χ2v) is 4.48. The molecule has 0 bridgehead atoms. The third kappa shape index (κ3) is 16.0. The minimum absolute atomic E-state index is 0.159. The average molecular weight is 308 g/mol. The molecule has 1 atom stereocenters. The predicted octanol–water partition coefficient (Wildman–Crippen LogP) is 2.21. The molecule has 0 aliphatic heterocycles. The Hall–Kier alpha value is -0.240. The van der Waals surface area contributed by atoms with Crippen molar-refractivity contribution < 1.29 is 28.7 Å². The molecular weight excluding hydrogens is 276 g/mol. The van der Waals surface area contributed by atoms with E-state index in [1.165, 1.54) is 0 Å². The minimum atomic E-state index is -0.159. The molecule has 6 nitrogen and oxygen atoms in total. The number of rotatable bonds is 17. The van der Waals surface area contributed by atoms with E-state index in [9.17, 15) is 0 Å². The molecule has 0 N–H and O–H groups in total. The summed E-state index contributed by atoms with van der Waals surface area (Å²) < 4.78 is 21.8. The molecule has 0 radical (unpaired) electrons. The quantitative estimate of drug-likeness (QED) is 0.233. The molecule has 0 aliphatic carbocycles. The first-order valence-corrected chi connectivity index (χ1v) is 7.94. The molecule has 128 valence electrons. The van der Waals surface area contributed by atoms with Crippen LogP contribution in [0.25, 0.3) is 0 Å². The molecule has 0 saturated heterocycles. The van der Waals surface area contributed by atoms with Crippen LogP contribution in [0.15, 0.2) is 0 Å². The average Bonchev–Trinajstić information content (AvgIpc) is 2.50. The van der Waals surface area contributed by atoms with Gasteiger partial charge in [-0.2, -0.15) is 0 Å². The fourth-order valence-electron chi connectivity index (χ4n) is 1.41. The maximum atomic E-state index is 5.68. The first-order valence-electron chi connectivity index (χ1n) is 7.94. The topological polar surface area (TPSA) is 55.4 Å². The summed E-state index contributed by atoms with van der Waals surface area (Å²) in [6.07, 6.45) is 1.77. The smallest absolute Gasteiger partial charge is 0.111 e. The van der Waals surface area contributed by atoms with Gasteiger partial charge in [0.05, 0.1) is 39.6 Å². The lowest BCUT2D eigenvalue weighted by Crippen LogP contribution is -2.28. The Bertz CT molecular complexity index is 177. The second kappa shape index (κ2) is 17.8. The highest BCUT2D eigenvalue weighted by atomic mass is 17.2. The van der Waals surface area contributed by atoms with Gasteiger partial charge in [-0.15, -0.1) is 0 Å². The van der Waals surface area contributed by atoms with E-state index in [4.69, 9.17) is 28.7 Å². The van der Waals surface area contributed by atoms with Crippen LogP contribution in [0.4, 0.5) is 0 Å². The van der Waals surface area contributed by atoms with Crippen LogP contribution in [0, 0.1) is 0 Å². The molecule has 0 saturated carbocycles. The zero-order valence-electron chi connectivity index (χ0n) is 13.8. The SMILES string of the molecule is CCCOCCOC(COCCOCC)COOCCC. The summed E-state index contributed by atoms with van der Waals surface area (Å²) in [7, 11) is 0. The Morgan fingerprint density at radius 3 is 2.05 bits per heavy atom. The van der Waals surface area contributed by atoms with Crippen LogP contribution in [0.3, 0.4) is 0 Å². The van der Waals surface area contributed by atoms with Crippen molar-refractivity contribution in [2.45, 2.75) is 39.7 Å². The molecule has 0 heterocycles. The molecule has 0 fully saturated rings. The molecule has 6 heteroatoms. The van der Waals surface area contributed by atoms with E-state index in [1.54, 1.807) is 0 Å². The van der Waals surface area contributed by atoms with E-state index in [2.05, 4.69) is 6.92 Å². The third-order valence-electron chi connectivity index (χ3n) is 2.43. The van der Waals surface area contributed by atoms with Crippen molar-refractivity contribution >= 4 is 0 Å². The first-order chi connectivity index (χ1) is 10.3. The van der Waals surface area contributed by atoms with Gasteiger partial charge in [0.25, 0.3) is 0 Å². The Balaban J connectivity index is 3.69. The van der Waals surface area contributed by atoms with Gasteiger partial charge >= 0.3 is 0 Å². The molecule has 1 unspecified atom stereocenters. The highest BCUT2D eigenvalue weighted by Crippen LogP contribution is 1.98. The van der Waals surface area contributed by atoms with Gasteiger partial charge in [-0.05, 0) is 19.8 Å². The van der Waals surface area contributed by atoms with Gasteiger partial charge in [-0.25, -0.2) is 9.78 Å². The fourth-order valence-corrected chi connectivity index (χ4v) is 1.41. The van der Waals surface area contributed by atoms with Crippen molar-refractivity contribution in [1.82, 2.24) is 0 Å². The van der Waals surface area contributed by atoms with Gasteiger partial charge in [-0.3, -0.25) is 0 Å². The zero-order valence-corrected chi connectivity index (χ0v) is 13.8. The summed E-state index contributed by atoms with van der Waals surface area (Å²) in [4.78, 5) is 10.1. The molecule has 0 rings (SSSR count). The van der Waals surface area contributed by atoms with Crippen molar-refractivity contribution in [2.75, 3.05) is 59.5 Å². The zero-order chi connectivity index (χ0) is 15.6. The monoisotopic (exact) mass is 308 g/mol. The Morgan fingerprint density at radius 1 is 0.619 bits per heavy atom. The first kappa shape index (κ1) is 20.8. The predicted molar refractivity (Wildman–Crippen MR) is 80.4 cm³/mol. The van der Waals surface area contributed by atoms with E-state index in [0.717, 1.165) is 19.4 Å². The van der Waals surface area contributed by atoms with E-state index in [-0.39, 0.29) is 6.10 Å². The Morgan fingerprint density at radius 2 is 1.33 bits per heavy atom. The van der Waals surface area contributed by atoms with E-state index in [1.807, 2.05) is 13.8 Å². The maximum Gasteiger partial charge on any atom is 0.111 e. The lowest BCUT2D eigenvalue weighted by molar-refractivity contribution is -0.309. The van der Waals surface area contributed by atoms with Crippen LogP contribution in [-0.2, 0) is 28.7 Å². The van der Waals surface area contributed by atoms with Gasteiger partial charge in [-0.1, -0.05) is 13.8 Å². The van der Waals surface area contributed by atoms with Crippen molar-refractivity contribution in [3.8, 4) is 0 Å². The lowest BCUT2D eigenvalue weighted by Gasteiger charge is -2.17. The third-order valence-corrected chi connectivity index (χ3v) is 2.43. The largest absolute Gasteiger partial charge is 0.379 e. The summed E-state index contributed by atoms with van der Waals surface area (Å²) in [6.45, 7) is 11.2. The van der Waals surface area contributed by atoms with Crippen molar-refractivity contribution in [3.63, 3.8) is 0 Å². The summed E-state index contributed by atoms with van der Waals surface area (Å²) in [5, 5.41) is 0. The summed E-state index contributed by atoms with van der Waals surface area (Å²) in [5.41, 5.74) is 0. The Kier molecular flexibility index (Phi) is 17.6. The minimum Gasteiger partial charge on any atom is -0.379 e. The molecule has 0 aromatic heterocycles.